The lowest BCUT2D eigenvalue weighted by molar-refractivity contribution is -0.115. The van der Waals surface area contributed by atoms with Gasteiger partial charge in [0.05, 0.1) is 12.0 Å². The highest BCUT2D eigenvalue weighted by Crippen LogP contribution is 2.22. The second kappa shape index (κ2) is 6.28. The number of anilines is 1. The molecule has 108 valence electrons. The van der Waals surface area contributed by atoms with Crippen LogP contribution >= 0.6 is 11.6 Å². The second-order valence-electron chi connectivity index (χ2n) is 4.38. The summed E-state index contributed by atoms with van der Waals surface area (Å²) in [7, 11) is 0. The summed E-state index contributed by atoms with van der Waals surface area (Å²) in [5.74, 6) is -1.37. The number of halogens is 1. The molecule has 2 rings (SSSR count). The van der Waals surface area contributed by atoms with Crippen LogP contribution in [0.3, 0.4) is 0 Å². The van der Waals surface area contributed by atoms with E-state index in [1.807, 2.05) is 0 Å². The van der Waals surface area contributed by atoms with Crippen LogP contribution < -0.4 is 5.32 Å². The van der Waals surface area contributed by atoms with Crippen LogP contribution in [0.5, 0.6) is 5.75 Å². The standard InChI is InChI=1S/C15H12ClNO4/c16-11-3-6-13(18)10(7-11)8-14(19)17-12-4-1-9(2-5-12)15(20)21/h1-7,18H,8H2,(H,17,19)(H,20,21). The van der Waals surface area contributed by atoms with Crippen molar-refractivity contribution in [2.75, 3.05) is 5.32 Å². The minimum atomic E-state index is -1.03. The summed E-state index contributed by atoms with van der Waals surface area (Å²) in [6.07, 6.45) is -0.0346. The van der Waals surface area contributed by atoms with Gasteiger partial charge in [-0.15, -0.1) is 0 Å². The number of phenols is 1. The van der Waals surface area contributed by atoms with Crippen molar-refractivity contribution in [2.24, 2.45) is 0 Å². The molecule has 0 aliphatic rings. The Bertz CT molecular complexity index is 683. The van der Waals surface area contributed by atoms with Crippen molar-refractivity contribution in [3.8, 4) is 5.75 Å². The van der Waals surface area contributed by atoms with Crippen molar-refractivity contribution in [3.63, 3.8) is 0 Å². The fraction of sp³-hybridized carbons (Fsp3) is 0.0667. The Morgan fingerprint density at radius 3 is 2.38 bits per heavy atom. The number of nitrogens with one attached hydrogen (secondary N) is 1. The van der Waals surface area contributed by atoms with Gasteiger partial charge < -0.3 is 15.5 Å². The van der Waals surface area contributed by atoms with E-state index in [4.69, 9.17) is 16.7 Å². The normalized spacial score (nSPS) is 10.1. The summed E-state index contributed by atoms with van der Waals surface area (Å²) in [5.41, 5.74) is 1.04. The monoisotopic (exact) mass is 305 g/mol. The van der Waals surface area contributed by atoms with Gasteiger partial charge in [-0.05, 0) is 42.5 Å². The van der Waals surface area contributed by atoms with Gasteiger partial charge in [0.15, 0.2) is 0 Å². The Balaban J connectivity index is 2.04. The van der Waals surface area contributed by atoms with E-state index in [1.165, 1.54) is 42.5 Å². The minimum absolute atomic E-state index is 0.00391. The van der Waals surface area contributed by atoms with E-state index >= 15 is 0 Å². The first-order valence-electron chi connectivity index (χ1n) is 6.06. The lowest BCUT2D eigenvalue weighted by Crippen LogP contribution is -2.14. The summed E-state index contributed by atoms with van der Waals surface area (Å²) in [4.78, 5) is 22.6. The number of hydrogen-bond acceptors (Lipinski definition) is 3. The molecular formula is C15H12ClNO4. The molecule has 0 heterocycles. The van der Waals surface area contributed by atoms with Gasteiger partial charge in [0.25, 0.3) is 0 Å². The second-order valence-corrected chi connectivity index (χ2v) is 4.82. The maximum absolute atomic E-state index is 11.9. The number of hydrogen-bond donors (Lipinski definition) is 3. The molecule has 0 aliphatic carbocycles. The topological polar surface area (TPSA) is 86.6 Å². The van der Waals surface area contributed by atoms with Gasteiger partial charge >= 0.3 is 5.97 Å². The number of rotatable bonds is 4. The molecule has 0 fully saturated rings. The molecule has 0 spiro atoms. The van der Waals surface area contributed by atoms with Gasteiger partial charge in [0.1, 0.15) is 5.75 Å². The Kier molecular flexibility index (Phi) is 4.45. The first-order valence-corrected chi connectivity index (χ1v) is 6.44. The van der Waals surface area contributed by atoms with Crippen LogP contribution in [0.15, 0.2) is 42.5 Å². The van der Waals surface area contributed by atoms with Crippen LogP contribution in [0.2, 0.25) is 5.02 Å². The Morgan fingerprint density at radius 2 is 1.76 bits per heavy atom. The number of carbonyl (C=O) groups excluding carboxylic acids is 1. The first kappa shape index (κ1) is 14.9. The van der Waals surface area contributed by atoms with E-state index in [2.05, 4.69) is 5.32 Å². The van der Waals surface area contributed by atoms with Gasteiger partial charge in [-0.2, -0.15) is 0 Å². The van der Waals surface area contributed by atoms with E-state index in [-0.39, 0.29) is 23.6 Å². The number of phenolic OH excluding ortho intramolecular Hbond substituents is 1. The largest absolute Gasteiger partial charge is 0.508 e. The van der Waals surface area contributed by atoms with Crippen molar-refractivity contribution in [1.82, 2.24) is 0 Å². The number of aromatic hydroxyl groups is 1. The van der Waals surface area contributed by atoms with Crippen molar-refractivity contribution in [1.29, 1.82) is 0 Å². The highest BCUT2D eigenvalue weighted by molar-refractivity contribution is 6.30. The number of carboxylic acid groups (broad SMARTS) is 1. The third-order valence-electron chi connectivity index (χ3n) is 2.81. The molecule has 2 aromatic carbocycles. The molecule has 0 saturated heterocycles. The molecular weight excluding hydrogens is 294 g/mol. The third kappa shape index (κ3) is 3.97. The third-order valence-corrected chi connectivity index (χ3v) is 3.04. The number of benzene rings is 2. The van der Waals surface area contributed by atoms with E-state index in [9.17, 15) is 14.7 Å². The quantitative estimate of drug-likeness (QED) is 0.810. The van der Waals surface area contributed by atoms with Crippen molar-refractivity contribution < 1.29 is 19.8 Å². The summed E-state index contributed by atoms with van der Waals surface area (Å²) in [6.45, 7) is 0. The molecule has 0 unspecified atom stereocenters. The van der Waals surface area contributed by atoms with Gasteiger partial charge in [0.2, 0.25) is 5.91 Å². The predicted molar refractivity (Wildman–Crippen MR) is 78.9 cm³/mol. The Morgan fingerprint density at radius 1 is 1.10 bits per heavy atom. The molecule has 1 amide bonds. The SMILES string of the molecule is O=C(Cc1cc(Cl)ccc1O)Nc1ccc(C(=O)O)cc1. The Labute approximate surface area is 125 Å². The maximum Gasteiger partial charge on any atom is 0.335 e. The molecule has 0 aliphatic heterocycles. The summed E-state index contributed by atoms with van der Waals surface area (Å²) < 4.78 is 0. The van der Waals surface area contributed by atoms with E-state index < -0.39 is 5.97 Å². The molecule has 5 nitrogen and oxygen atoms in total. The lowest BCUT2D eigenvalue weighted by Gasteiger charge is -2.07. The van der Waals surface area contributed by atoms with Crippen molar-refractivity contribution >= 4 is 29.2 Å². The molecule has 0 saturated carbocycles. The van der Waals surface area contributed by atoms with E-state index in [0.717, 1.165) is 0 Å². The van der Waals surface area contributed by atoms with Crippen LogP contribution in [-0.4, -0.2) is 22.1 Å². The van der Waals surface area contributed by atoms with Crippen LogP contribution in [-0.2, 0) is 11.2 Å². The fourth-order valence-corrected chi connectivity index (χ4v) is 1.96. The zero-order chi connectivity index (χ0) is 15.4. The molecule has 6 heteroatoms. The lowest BCUT2D eigenvalue weighted by atomic mass is 10.1. The van der Waals surface area contributed by atoms with Crippen LogP contribution in [0.25, 0.3) is 0 Å². The molecule has 2 aromatic rings. The maximum atomic E-state index is 11.9. The molecule has 0 aromatic heterocycles. The van der Waals surface area contributed by atoms with Crippen molar-refractivity contribution in [2.45, 2.75) is 6.42 Å². The van der Waals surface area contributed by atoms with Gasteiger partial charge in [-0.1, -0.05) is 11.6 Å². The average molecular weight is 306 g/mol. The van der Waals surface area contributed by atoms with Gasteiger partial charge in [-0.25, -0.2) is 4.79 Å². The Hall–Kier alpha value is -2.53. The zero-order valence-corrected chi connectivity index (χ0v) is 11.6. The highest BCUT2D eigenvalue weighted by Gasteiger charge is 2.09. The molecule has 0 atom stereocenters. The summed E-state index contributed by atoms with van der Waals surface area (Å²) in [5, 5.41) is 21.5. The van der Waals surface area contributed by atoms with Crippen LogP contribution in [0.1, 0.15) is 15.9 Å². The van der Waals surface area contributed by atoms with Crippen molar-refractivity contribution in [3.05, 3.63) is 58.6 Å². The minimum Gasteiger partial charge on any atom is -0.508 e. The first-order chi connectivity index (χ1) is 9.95. The molecule has 0 radical (unpaired) electrons. The van der Waals surface area contributed by atoms with Gasteiger partial charge in [-0.3, -0.25) is 4.79 Å². The van der Waals surface area contributed by atoms with Gasteiger partial charge in [0, 0.05) is 16.3 Å². The average Bonchev–Trinajstić information content (AvgIpc) is 2.43. The van der Waals surface area contributed by atoms with Crippen LogP contribution in [0, 0.1) is 0 Å². The van der Waals surface area contributed by atoms with E-state index in [0.29, 0.717) is 16.3 Å². The molecule has 21 heavy (non-hydrogen) atoms. The number of carbonyl (C=O) groups is 2. The number of amides is 1. The predicted octanol–water partition coefficient (Wildman–Crippen LogP) is 2.92. The number of aromatic carboxylic acids is 1. The number of carboxylic acids is 1. The fourth-order valence-electron chi connectivity index (χ4n) is 1.77. The zero-order valence-electron chi connectivity index (χ0n) is 10.8. The molecule has 3 N–H and O–H groups in total. The van der Waals surface area contributed by atoms with E-state index in [1.54, 1.807) is 0 Å². The highest BCUT2D eigenvalue weighted by atomic mass is 35.5. The van der Waals surface area contributed by atoms with Crippen LogP contribution in [0.4, 0.5) is 5.69 Å². The molecule has 0 bridgehead atoms. The summed E-state index contributed by atoms with van der Waals surface area (Å²) >= 11 is 5.81. The summed E-state index contributed by atoms with van der Waals surface area (Å²) in [6, 6.07) is 10.3. The smallest absolute Gasteiger partial charge is 0.335 e.